The second-order valence-corrected chi connectivity index (χ2v) is 10.5. The summed E-state index contributed by atoms with van der Waals surface area (Å²) in [7, 11) is 0. The summed E-state index contributed by atoms with van der Waals surface area (Å²) in [6, 6.07) is 0. The van der Waals surface area contributed by atoms with Gasteiger partial charge in [0.1, 0.15) is 0 Å². The van der Waals surface area contributed by atoms with Crippen LogP contribution in [-0.2, 0) is 0 Å². The SMILES string of the molecule is C[C@]12CC[C@@H](O)C[C@@H]1CC[C@@H]1[C@@H]2CC[C@@]23CCC[C@@H](O)[C@H]2CC[C@@H]13. The maximum atomic E-state index is 10.6. The van der Waals surface area contributed by atoms with Gasteiger partial charge in [-0.25, -0.2) is 0 Å². The van der Waals surface area contributed by atoms with Crippen molar-refractivity contribution in [2.24, 2.45) is 40.4 Å². The minimum atomic E-state index is -0.0288. The standard InChI is InChI=1S/C22H36O2/c1-21-11-8-15(23)13-14(21)4-5-16-17(21)9-12-22-10-2-3-20(24)19(22)7-6-18(16)22/h14-20,23-24H,2-13H2,1H3/t14-,15+,16+,17-,18-,19+,20+,21-,22+/m0/s1. The van der Waals surface area contributed by atoms with Crippen LogP contribution in [-0.4, -0.2) is 22.4 Å². The van der Waals surface area contributed by atoms with E-state index < -0.39 is 0 Å². The Labute approximate surface area is 147 Å². The van der Waals surface area contributed by atoms with Crippen LogP contribution in [0.3, 0.4) is 0 Å². The molecule has 0 aromatic heterocycles. The van der Waals surface area contributed by atoms with Crippen LogP contribution in [0.15, 0.2) is 0 Å². The lowest BCUT2D eigenvalue weighted by Gasteiger charge is -2.62. The number of aliphatic hydroxyl groups is 2. The van der Waals surface area contributed by atoms with Gasteiger partial charge in [-0.05, 0) is 111 Å². The summed E-state index contributed by atoms with van der Waals surface area (Å²) >= 11 is 0. The molecule has 5 saturated carbocycles. The van der Waals surface area contributed by atoms with Gasteiger partial charge in [0.15, 0.2) is 0 Å². The molecule has 0 saturated heterocycles. The van der Waals surface area contributed by atoms with E-state index in [9.17, 15) is 10.2 Å². The fourth-order valence-electron chi connectivity index (χ4n) is 9.00. The van der Waals surface area contributed by atoms with E-state index in [4.69, 9.17) is 0 Å². The summed E-state index contributed by atoms with van der Waals surface area (Å²) in [4.78, 5) is 0. The van der Waals surface area contributed by atoms with E-state index in [-0.39, 0.29) is 12.2 Å². The molecule has 0 aliphatic heterocycles. The molecule has 2 N–H and O–H groups in total. The Morgan fingerprint density at radius 1 is 0.750 bits per heavy atom. The smallest absolute Gasteiger partial charge is 0.0573 e. The van der Waals surface area contributed by atoms with Crippen molar-refractivity contribution in [3.63, 3.8) is 0 Å². The van der Waals surface area contributed by atoms with Crippen molar-refractivity contribution in [3.8, 4) is 0 Å². The molecule has 2 heteroatoms. The van der Waals surface area contributed by atoms with E-state index in [0.717, 1.165) is 42.9 Å². The molecule has 0 aromatic carbocycles. The first-order valence-corrected chi connectivity index (χ1v) is 10.9. The molecule has 0 bridgehead atoms. The Morgan fingerprint density at radius 3 is 2.46 bits per heavy atom. The highest BCUT2D eigenvalue weighted by atomic mass is 16.3. The van der Waals surface area contributed by atoms with E-state index in [1.165, 1.54) is 57.8 Å². The Bertz CT molecular complexity index is 504. The molecule has 5 aliphatic carbocycles. The molecule has 5 fully saturated rings. The Balaban J connectivity index is 1.45. The summed E-state index contributed by atoms with van der Waals surface area (Å²) in [6.45, 7) is 2.58. The first kappa shape index (κ1) is 16.1. The third-order valence-electron chi connectivity index (χ3n) is 10.0. The minimum absolute atomic E-state index is 0.00273. The lowest BCUT2D eigenvalue weighted by Crippen LogP contribution is -2.55. The second kappa shape index (κ2) is 5.46. The van der Waals surface area contributed by atoms with Crippen molar-refractivity contribution in [3.05, 3.63) is 0 Å². The number of rotatable bonds is 0. The van der Waals surface area contributed by atoms with Gasteiger partial charge in [-0.2, -0.15) is 0 Å². The van der Waals surface area contributed by atoms with Gasteiger partial charge in [0, 0.05) is 0 Å². The van der Waals surface area contributed by atoms with Gasteiger partial charge in [0.2, 0.25) is 0 Å². The highest BCUT2D eigenvalue weighted by Crippen LogP contribution is 2.70. The zero-order valence-electron chi connectivity index (χ0n) is 15.4. The van der Waals surface area contributed by atoms with Gasteiger partial charge < -0.3 is 10.2 Å². The van der Waals surface area contributed by atoms with Crippen LogP contribution in [0, 0.1) is 40.4 Å². The fourth-order valence-corrected chi connectivity index (χ4v) is 9.00. The third kappa shape index (κ3) is 2.02. The highest BCUT2D eigenvalue weighted by Gasteiger charge is 2.62. The highest BCUT2D eigenvalue weighted by molar-refractivity contribution is 5.12. The summed E-state index contributed by atoms with van der Waals surface area (Å²) in [5.41, 5.74) is 1.01. The maximum Gasteiger partial charge on any atom is 0.0573 e. The summed E-state index contributed by atoms with van der Waals surface area (Å²) in [6.07, 6.45) is 15.3. The number of aliphatic hydroxyl groups excluding tert-OH is 2. The van der Waals surface area contributed by atoms with E-state index in [1.54, 1.807) is 0 Å². The van der Waals surface area contributed by atoms with Gasteiger partial charge in [0.25, 0.3) is 0 Å². The van der Waals surface area contributed by atoms with Crippen LogP contribution in [0.1, 0.15) is 84.0 Å². The molecule has 9 atom stereocenters. The van der Waals surface area contributed by atoms with Crippen LogP contribution in [0.4, 0.5) is 0 Å². The quantitative estimate of drug-likeness (QED) is 0.684. The van der Waals surface area contributed by atoms with Gasteiger partial charge in [-0.3, -0.25) is 0 Å². The van der Waals surface area contributed by atoms with Crippen molar-refractivity contribution in [2.45, 2.75) is 96.2 Å². The zero-order valence-corrected chi connectivity index (χ0v) is 15.4. The van der Waals surface area contributed by atoms with Crippen LogP contribution in [0.25, 0.3) is 0 Å². The monoisotopic (exact) mass is 332 g/mol. The molecule has 0 unspecified atom stereocenters. The molecule has 0 amide bonds. The molecule has 1 spiro atoms. The Morgan fingerprint density at radius 2 is 1.58 bits per heavy atom. The number of hydrogen-bond acceptors (Lipinski definition) is 2. The van der Waals surface area contributed by atoms with Gasteiger partial charge in [-0.15, -0.1) is 0 Å². The lowest BCUT2D eigenvalue weighted by atomic mass is 9.43. The third-order valence-corrected chi connectivity index (χ3v) is 10.0. The maximum absolute atomic E-state index is 10.6. The fraction of sp³-hybridized carbons (Fsp3) is 1.00. The van der Waals surface area contributed by atoms with Crippen LogP contribution >= 0.6 is 0 Å². The second-order valence-electron chi connectivity index (χ2n) is 10.5. The molecule has 0 heterocycles. The predicted octanol–water partition coefficient (Wildman–Crippen LogP) is 4.53. The topological polar surface area (TPSA) is 40.5 Å². The zero-order chi connectivity index (χ0) is 16.5. The van der Waals surface area contributed by atoms with Crippen molar-refractivity contribution in [2.75, 3.05) is 0 Å². The van der Waals surface area contributed by atoms with Crippen molar-refractivity contribution in [1.29, 1.82) is 0 Å². The van der Waals surface area contributed by atoms with Crippen molar-refractivity contribution in [1.82, 2.24) is 0 Å². The van der Waals surface area contributed by atoms with Crippen LogP contribution in [0.2, 0.25) is 0 Å². The van der Waals surface area contributed by atoms with Crippen molar-refractivity contribution < 1.29 is 10.2 Å². The van der Waals surface area contributed by atoms with Gasteiger partial charge in [0.05, 0.1) is 12.2 Å². The number of fused-ring (bicyclic) bond motifs is 4. The average molecular weight is 333 g/mol. The predicted molar refractivity (Wildman–Crippen MR) is 95.4 cm³/mol. The van der Waals surface area contributed by atoms with Gasteiger partial charge >= 0.3 is 0 Å². The molecule has 24 heavy (non-hydrogen) atoms. The minimum Gasteiger partial charge on any atom is -0.393 e. The molecule has 0 aromatic rings. The molecular formula is C22H36O2. The first-order valence-electron chi connectivity index (χ1n) is 10.9. The van der Waals surface area contributed by atoms with Gasteiger partial charge in [-0.1, -0.05) is 13.3 Å². The molecule has 2 nitrogen and oxygen atoms in total. The Hall–Kier alpha value is -0.0800. The average Bonchev–Trinajstić information content (AvgIpc) is 2.96. The summed E-state index contributed by atoms with van der Waals surface area (Å²) in [5, 5.41) is 20.8. The first-order chi connectivity index (χ1) is 11.5. The molecule has 5 aliphatic rings. The van der Waals surface area contributed by atoms with E-state index >= 15 is 0 Å². The summed E-state index contributed by atoms with van der Waals surface area (Å²) < 4.78 is 0. The molecule has 136 valence electrons. The summed E-state index contributed by atoms with van der Waals surface area (Å²) in [5.74, 6) is 4.12. The van der Waals surface area contributed by atoms with Crippen LogP contribution in [0.5, 0.6) is 0 Å². The Kier molecular flexibility index (Phi) is 3.67. The van der Waals surface area contributed by atoms with Crippen molar-refractivity contribution >= 4 is 0 Å². The normalized spacial score (nSPS) is 59.9. The molecule has 5 rings (SSSR count). The largest absolute Gasteiger partial charge is 0.393 e. The molecule has 0 radical (unpaired) electrons. The lowest BCUT2D eigenvalue weighted by molar-refractivity contribution is -0.147. The molecular weight excluding hydrogens is 296 g/mol. The van der Waals surface area contributed by atoms with E-state index in [2.05, 4.69) is 6.92 Å². The van der Waals surface area contributed by atoms with E-state index in [1.807, 2.05) is 0 Å². The number of hydrogen-bond donors (Lipinski definition) is 2. The van der Waals surface area contributed by atoms with E-state index in [0.29, 0.717) is 16.7 Å². The van der Waals surface area contributed by atoms with Crippen LogP contribution < -0.4 is 0 Å².